The predicted octanol–water partition coefficient (Wildman–Crippen LogP) is 1.62. The molecule has 1 rings (SSSR count). The van der Waals surface area contributed by atoms with Crippen molar-refractivity contribution < 1.29 is 9.90 Å². The van der Waals surface area contributed by atoms with Gasteiger partial charge < -0.3 is 10.4 Å². The summed E-state index contributed by atoms with van der Waals surface area (Å²) in [5.41, 5.74) is 0.754. The maximum Gasteiger partial charge on any atom is 0.244 e. The number of amides is 1. The van der Waals surface area contributed by atoms with E-state index in [0.717, 1.165) is 5.69 Å². The summed E-state index contributed by atoms with van der Waals surface area (Å²) < 4.78 is 0. The fourth-order valence-electron chi connectivity index (χ4n) is 1.64. The highest BCUT2D eigenvalue weighted by Crippen LogP contribution is 2.03. The molecule has 1 aromatic heterocycles. The molecule has 1 amide bonds. The third-order valence-corrected chi connectivity index (χ3v) is 2.46. The van der Waals surface area contributed by atoms with E-state index in [2.05, 4.69) is 10.3 Å². The van der Waals surface area contributed by atoms with E-state index in [1.165, 1.54) is 6.08 Å². The summed E-state index contributed by atoms with van der Waals surface area (Å²) in [5.74, 6) is 0.121. The Morgan fingerprint density at radius 1 is 1.50 bits per heavy atom. The molecular weight excluding hydrogens is 228 g/mol. The van der Waals surface area contributed by atoms with Crippen LogP contribution in [0.1, 0.15) is 26.0 Å². The molecule has 2 atom stereocenters. The van der Waals surface area contributed by atoms with Gasteiger partial charge in [0.2, 0.25) is 5.91 Å². The van der Waals surface area contributed by atoms with Crippen molar-refractivity contribution in [3.05, 3.63) is 36.2 Å². The summed E-state index contributed by atoms with van der Waals surface area (Å²) in [7, 11) is 0. The van der Waals surface area contributed by atoms with E-state index < -0.39 is 0 Å². The molecule has 0 fully saturated rings. The number of nitrogens with zero attached hydrogens (tertiary/aromatic N) is 1. The van der Waals surface area contributed by atoms with Crippen molar-refractivity contribution in [2.75, 3.05) is 6.54 Å². The van der Waals surface area contributed by atoms with Gasteiger partial charge in [0, 0.05) is 18.8 Å². The molecule has 0 saturated heterocycles. The van der Waals surface area contributed by atoms with Gasteiger partial charge in [-0.05, 0) is 37.5 Å². The van der Waals surface area contributed by atoms with Gasteiger partial charge in [-0.1, -0.05) is 13.0 Å². The van der Waals surface area contributed by atoms with Crippen molar-refractivity contribution in [1.29, 1.82) is 0 Å². The van der Waals surface area contributed by atoms with Crippen LogP contribution in [0.4, 0.5) is 0 Å². The molecule has 2 N–H and O–H groups in total. The molecule has 0 radical (unpaired) electrons. The topological polar surface area (TPSA) is 62.2 Å². The van der Waals surface area contributed by atoms with Gasteiger partial charge in [0.05, 0.1) is 11.8 Å². The summed E-state index contributed by atoms with van der Waals surface area (Å²) in [5, 5.41) is 12.0. The minimum absolute atomic E-state index is 0.141. The molecular formula is C14H20N2O2. The van der Waals surface area contributed by atoms with E-state index in [9.17, 15) is 9.90 Å². The standard InChI is InChI=1S/C14H20N2O2/c1-11(9-12(2)17)10-16-14(18)7-6-13-5-3-4-8-15-13/h3-8,11-12,17H,9-10H2,1-2H3,(H,16,18)/b7-6+. The van der Waals surface area contributed by atoms with Crippen LogP contribution >= 0.6 is 0 Å². The minimum atomic E-state index is -0.332. The normalized spacial score (nSPS) is 14.4. The average Bonchev–Trinajstić information content (AvgIpc) is 2.34. The van der Waals surface area contributed by atoms with Crippen molar-refractivity contribution in [3.8, 4) is 0 Å². The van der Waals surface area contributed by atoms with E-state index in [1.807, 2.05) is 25.1 Å². The average molecular weight is 248 g/mol. The Morgan fingerprint density at radius 3 is 2.89 bits per heavy atom. The third kappa shape index (κ3) is 6.15. The summed E-state index contributed by atoms with van der Waals surface area (Å²) in [6.07, 6.45) is 5.18. The molecule has 1 aromatic rings. The quantitative estimate of drug-likeness (QED) is 0.752. The monoisotopic (exact) mass is 248 g/mol. The van der Waals surface area contributed by atoms with Crippen LogP contribution in [0, 0.1) is 5.92 Å². The highest BCUT2D eigenvalue weighted by atomic mass is 16.3. The number of aliphatic hydroxyl groups excluding tert-OH is 1. The first-order valence-electron chi connectivity index (χ1n) is 6.13. The fraction of sp³-hybridized carbons (Fsp3) is 0.429. The van der Waals surface area contributed by atoms with E-state index in [-0.39, 0.29) is 17.9 Å². The van der Waals surface area contributed by atoms with Crippen LogP contribution in [0.5, 0.6) is 0 Å². The first-order chi connectivity index (χ1) is 8.58. The van der Waals surface area contributed by atoms with E-state index in [4.69, 9.17) is 0 Å². The number of aliphatic hydroxyl groups is 1. The van der Waals surface area contributed by atoms with Gasteiger partial charge in [-0.15, -0.1) is 0 Å². The molecule has 2 unspecified atom stereocenters. The first kappa shape index (κ1) is 14.4. The van der Waals surface area contributed by atoms with Gasteiger partial charge in [-0.2, -0.15) is 0 Å². The second-order valence-electron chi connectivity index (χ2n) is 4.52. The maximum absolute atomic E-state index is 11.5. The molecule has 0 bridgehead atoms. The van der Waals surface area contributed by atoms with Crippen molar-refractivity contribution in [3.63, 3.8) is 0 Å². The molecule has 1 heterocycles. The van der Waals surface area contributed by atoms with Crippen LogP contribution < -0.4 is 5.32 Å². The fourth-order valence-corrected chi connectivity index (χ4v) is 1.64. The first-order valence-corrected chi connectivity index (χ1v) is 6.13. The van der Waals surface area contributed by atoms with Crippen LogP contribution in [0.2, 0.25) is 0 Å². The van der Waals surface area contributed by atoms with Crippen molar-refractivity contribution >= 4 is 12.0 Å². The van der Waals surface area contributed by atoms with Gasteiger partial charge in [0.15, 0.2) is 0 Å². The predicted molar refractivity (Wildman–Crippen MR) is 71.7 cm³/mol. The summed E-state index contributed by atoms with van der Waals surface area (Å²) in [4.78, 5) is 15.6. The number of aromatic nitrogens is 1. The van der Waals surface area contributed by atoms with Crippen molar-refractivity contribution in [1.82, 2.24) is 10.3 Å². The third-order valence-electron chi connectivity index (χ3n) is 2.46. The van der Waals surface area contributed by atoms with Crippen LogP contribution in [0.3, 0.4) is 0 Å². The zero-order valence-corrected chi connectivity index (χ0v) is 10.8. The Bertz CT molecular complexity index is 388. The number of nitrogens with one attached hydrogen (secondary N) is 1. The van der Waals surface area contributed by atoms with E-state index >= 15 is 0 Å². The largest absolute Gasteiger partial charge is 0.393 e. The lowest BCUT2D eigenvalue weighted by molar-refractivity contribution is -0.116. The zero-order valence-electron chi connectivity index (χ0n) is 10.8. The van der Waals surface area contributed by atoms with E-state index in [1.54, 1.807) is 19.2 Å². The SMILES string of the molecule is CC(O)CC(C)CNC(=O)/C=C/c1ccccn1. The zero-order chi connectivity index (χ0) is 13.4. The Hall–Kier alpha value is -1.68. The molecule has 0 saturated carbocycles. The molecule has 18 heavy (non-hydrogen) atoms. The Morgan fingerprint density at radius 2 is 2.28 bits per heavy atom. The van der Waals surface area contributed by atoms with Gasteiger partial charge in [0.1, 0.15) is 0 Å². The lowest BCUT2D eigenvalue weighted by Crippen LogP contribution is -2.27. The molecule has 0 aliphatic rings. The summed E-state index contributed by atoms with van der Waals surface area (Å²) in [6, 6.07) is 5.53. The molecule has 4 heteroatoms. The number of hydrogen-bond donors (Lipinski definition) is 2. The van der Waals surface area contributed by atoms with Gasteiger partial charge in [-0.3, -0.25) is 9.78 Å². The lowest BCUT2D eigenvalue weighted by Gasteiger charge is -2.13. The Labute approximate surface area is 108 Å². The molecule has 0 aliphatic carbocycles. The number of hydrogen-bond acceptors (Lipinski definition) is 3. The van der Waals surface area contributed by atoms with Crippen molar-refractivity contribution in [2.24, 2.45) is 5.92 Å². The van der Waals surface area contributed by atoms with Crippen LogP contribution in [-0.4, -0.2) is 28.6 Å². The second-order valence-corrected chi connectivity index (χ2v) is 4.52. The van der Waals surface area contributed by atoms with Gasteiger partial charge in [-0.25, -0.2) is 0 Å². The smallest absolute Gasteiger partial charge is 0.244 e. The molecule has 98 valence electrons. The van der Waals surface area contributed by atoms with Gasteiger partial charge in [0.25, 0.3) is 0 Å². The van der Waals surface area contributed by atoms with Crippen LogP contribution in [-0.2, 0) is 4.79 Å². The number of rotatable bonds is 6. The number of carbonyl (C=O) groups is 1. The number of pyridine rings is 1. The molecule has 0 spiro atoms. The van der Waals surface area contributed by atoms with Gasteiger partial charge >= 0.3 is 0 Å². The molecule has 0 aliphatic heterocycles. The Kier molecular flexibility index (Phi) is 6.08. The highest BCUT2D eigenvalue weighted by molar-refractivity contribution is 5.91. The highest BCUT2D eigenvalue weighted by Gasteiger charge is 2.06. The molecule has 4 nitrogen and oxygen atoms in total. The van der Waals surface area contributed by atoms with Crippen molar-refractivity contribution in [2.45, 2.75) is 26.4 Å². The lowest BCUT2D eigenvalue weighted by atomic mass is 10.0. The summed E-state index contributed by atoms with van der Waals surface area (Å²) in [6.45, 7) is 4.31. The maximum atomic E-state index is 11.5. The second kappa shape index (κ2) is 7.61. The summed E-state index contributed by atoms with van der Waals surface area (Å²) >= 11 is 0. The van der Waals surface area contributed by atoms with Crippen LogP contribution in [0.15, 0.2) is 30.5 Å². The minimum Gasteiger partial charge on any atom is -0.393 e. The van der Waals surface area contributed by atoms with Crippen LogP contribution in [0.25, 0.3) is 6.08 Å². The Balaban J connectivity index is 2.32. The van der Waals surface area contributed by atoms with E-state index in [0.29, 0.717) is 13.0 Å². The number of carbonyl (C=O) groups excluding carboxylic acids is 1. The molecule has 0 aromatic carbocycles.